The van der Waals surface area contributed by atoms with Gasteiger partial charge in [-0.3, -0.25) is 14.9 Å². The standard InChI is InChI=1S/C22H23N5O4/c28-19(29)13-14-4-6-15(7-5-14)16-8-10-17(11-9-16)24-20(30)21-26-27-22(31-21)25-18-3-1-2-12-23-18/h1-3,8-12,14-15H,4-7,13H2,(H,24,30)(H,28,29)(H,23,25,27). The Morgan fingerprint density at radius 2 is 1.81 bits per heavy atom. The number of carbonyl (C=O) groups excluding carboxylic acids is 1. The van der Waals surface area contributed by atoms with E-state index in [9.17, 15) is 9.59 Å². The smallest absolute Gasteiger partial charge is 0.321 e. The molecular weight excluding hydrogens is 398 g/mol. The van der Waals surface area contributed by atoms with Crippen LogP contribution in [0.2, 0.25) is 0 Å². The Kier molecular flexibility index (Phi) is 6.21. The lowest BCUT2D eigenvalue weighted by Gasteiger charge is -2.28. The minimum Gasteiger partial charge on any atom is -0.481 e. The molecule has 1 saturated carbocycles. The van der Waals surface area contributed by atoms with Gasteiger partial charge in [-0.05, 0) is 67.3 Å². The molecule has 3 aromatic rings. The van der Waals surface area contributed by atoms with E-state index >= 15 is 0 Å². The minimum atomic E-state index is -0.718. The molecule has 0 saturated heterocycles. The number of benzene rings is 1. The minimum absolute atomic E-state index is 0.0812. The van der Waals surface area contributed by atoms with E-state index in [-0.39, 0.29) is 24.2 Å². The first kappa shape index (κ1) is 20.5. The number of carboxylic acid groups (broad SMARTS) is 1. The molecule has 1 fully saturated rings. The Morgan fingerprint density at radius 1 is 1.03 bits per heavy atom. The number of carboxylic acids is 1. The highest BCUT2D eigenvalue weighted by atomic mass is 16.4. The van der Waals surface area contributed by atoms with Gasteiger partial charge in [-0.2, -0.15) is 0 Å². The maximum absolute atomic E-state index is 12.4. The number of carbonyl (C=O) groups is 2. The van der Waals surface area contributed by atoms with Gasteiger partial charge in [-0.25, -0.2) is 4.98 Å². The molecule has 9 nitrogen and oxygen atoms in total. The molecule has 0 spiro atoms. The van der Waals surface area contributed by atoms with Crippen LogP contribution in [0.1, 0.15) is 54.3 Å². The summed E-state index contributed by atoms with van der Waals surface area (Å²) in [5, 5.41) is 22.1. The molecule has 9 heteroatoms. The summed E-state index contributed by atoms with van der Waals surface area (Å²) in [4.78, 5) is 27.4. The van der Waals surface area contributed by atoms with Crippen molar-refractivity contribution in [2.45, 2.75) is 38.0 Å². The summed E-state index contributed by atoms with van der Waals surface area (Å²) < 4.78 is 5.35. The van der Waals surface area contributed by atoms with Gasteiger partial charge in [0.1, 0.15) is 5.82 Å². The molecule has 3 N–H and O–H groups in total. The number of rotatable bonds is 7. The quantitative estimate of drug-likeness (QED) is 0.517. The summed E-state index contributed by atoms with van der Waals surface area (Å²) in [6.07, 6.45) is 5.71. The van der Waals surface area contributed by atoms with E-state index < -0.39 is 11.9 Å². The molecule has 0 unspecified atom stereocenters. The highest BCUT2D eigenvalue weighted by molar-refractivity contribution is 6.00. The van der Waals surface area contributed by atoms with E-state index in [1.54, 1.807) is 18.3 Å². The molecule has 0 radical (unpaired) electrons. The van der Waals surface area contributed by atoms with Crippen LogP contribution in [0.4, 0.5) is 17.5 Å². The third-order valence-electron chi connectivity index (χ3n) is 5.47. The fourth-order valence-electron chi connectivity index (χ4n) is 3.88. The molecule has 0 aliphatic heterocycles. The fraction of sp³-hybridized carbons (Fsp3) is 0.318. The van der Waals surface area contributed by atoms with Crippen LogP contribution in [-0.2, 0) is 4.79 Å². The molecule has 31 heavy (non-hydrogen) atoms. The Labute approximate surface area is 178 Å². The number of hydrogen-bond donors (Lipinski definition) is 3. The molecule has 160 valence electrons. The molecule has 0 atom stereocenters. The number of hydrogen-bond acceptors (Lipinski definition) is 7. The van der Waals surface area contributed by atoms with Crippen molar-refractivity contribution in [2.24, 2.45) is 5.92 Å². The Bertz CT molecular complexity index is 1030. The zero-order chi connectivity index (χ0) is 21.6. The molecule has 1 aliphatic carbocycles. The zero-order valence-electron chi connectivity index (χ0n) is 16.8. The van der Waals surface area contributed by atoms with E-state index in [1.165, 1.54) is 5.56 Å². The molecule has 4 rings (SSSR count). The summed E-state index contributed by atoms with van der Waals surface area (Å²) in [7, 11) is 0. The average molecular weight is 421 g/mol. The van der Waals surface area contributed by atoms with Gasteiger partial charge in [-0.1, -0.05) is 23.3 Å². The first-order valence-electron chi connectivity index (χ1n) is 10.2. The molecule has 1 aliphatic rings. The number of nitrogens with one attached hydrogen (secondary N) is 2. The topological polar surface area (TPSA) is 130 Å². The molecule has 0 bridgehead atoms. The molecule has 1 aromatic carbocycles. The second-order valence-electron chi connectivity index (χ2n) is 7.64. The Balaban J connectivity index is 1.31. The van der Waals surface area contributed by atoms with E-state index in [4.69, 9.17) is 9.52 Å². The van der Waals surface area contributed by atoms with Crippen LogP contribution in [-0.4, -0.2) is 32.2 Å². The fourth-order valence-corrected chi connectivity index (χ4v) is 3.88. The molecule has 2 heterocycles. The van der Waals surface area contributed by atoms with E-state index in [2.05, 4.69) is 25.8 Å². The average Bonchev–Trinajstić information content (AvgIpc) is 3.24. The summed E-state index contributed by atoms with van der Waals surface area (Å²) in [5.74, 6) is -0.136. The van der Waals surface area contributed by atoms with Crippen LogP contribution in [0.25, 0.3) is 0 Å². The van der Waals surface area contributed by atoms with Crippen molar-refractivity contribution in [3.8, 4) is 0 Å². The van der Waals surface area contributed by atoms with Crippen LogP contribution >= 0.6 is 0 Å². The van der Waals surface area contributed by atoms with Crippen molar-refractivity contribution in [2.75, 3.05) is 10.6 Å². The molecule has 2 aromatic heterocycles. The summed E-state index contributed by atoms with van der Waals surface area (Å²) in [6, 6.07) is 13.1. The first-order chi connectivity index (χ1) is 15.1. The summed E-state index contributed by atoms with van der Waals surface area (Å²) in [6.45, 7) is 0. The lowest BCUT2D eigenvalue weighted by atomic mass is 9.77. The van der Waals surface area contributed by atoms with Gasteiger partial charge in [0, 0.05) is 18.3 Å². The second kappa shape index (κ2) is 9.38. The highest BCUT2D eigenvalue weighted by Crippen LogP contribution is 2.37. The third-order valence-corrected chi connectivity index (χ3v) is 5.47. The SMILES string of the molecule is O=C(O)CC1CCC(c2ccc(NC(=O)c3nnc(Nc4ccccn4)o3)cc2)CC1. The maximum Gasteiger partial charge on any atom is 0.321 e. The van der Waals surface area contributed by atoms with E-state index in [1.807, 2.05) is 30.3 Å². The van der Waals surface area contributed by atoms with Gasteiger partial charge >= 0.3 is 23.8 Å². The Morgan fingerprint density at radius 3 is 2.48 bits per heavy atom. The second-order valence-corrected chi connectivity index (χ2v) is 7.64. The van der Waals surface area contributed by atoms with Crippen molar-refractivity contribution in [1.29, 1.82) is 0 Å². The molecular formula is C22H23N5O4. The number of aromatic nitrogens is 3. The van der Waals surface area contributed by atoms with Crippen LogP contribution < -0.4 is 10.6 Å². The number of nitrogens with zero attached hydrogens (tertiary/aromatic N) is 3. The van der Waals surface area contributed by atoms with E-state index in [0.29, 0.717) is 17.4 Å². The third kappa shape index (κ3) is 5.44. The van der Waals surface area contributed by atoms with E-state index in [0.717, 1.165) is 25.7 Å². The van der Waals surface area contributed by atoms with Crippen molar-refractivity contribution < 1.29 is 19.1 Å². The van der Waals surface area contributed by atoms with Crippen molar-refractivity contribution in [3.63, 3.8) is 0 Å². The largest absolute Gasteiger partial charge is 0.481 e. The highest BCUT2D eigenvalue weighted by Gasteiger charge is 2.24. The number of anilines is 3. The van der Waals surface area contributed by atoms with Crippen molar-refractivity contribution >= 4 is 29.4 Å². The monoisotopic (exact) mass is 421 g/mol. The van der Waals surface area contributed by atoms with Crippen LogP contribution in [0.5, 0.6) is 0 Å². The van der Waals surface area contributed by atoms with Gasteiger partial charge < -0.3 is 14.8 Å². The number of pyridine rings is 1. The van der Waals surface area contributed by atoms with Gasteiger partial charge in [-0.15, -0.1) is 5.10 Å². The van der Waals surface area contributed by atoms with Crippen LogP contribution in [0.3, 0.4) is 0 Å². The number of aliphatic carboxylic acids is 1. The van der Waals surface area contributed by atoms with Gasteiger partial charge in [0.05, 0.1) is 0 Å². The molecule has 1 amide bonds. The normalized spacial score (nSPS) is 18.3. The van der Waals surface area contributed by atoms with Crippen molar-refractivity contribution in [3.05, 3.63) is 60.1 Å². The first-order valence-corrected chi connectivity index (χ1v) is 10.2. The zero-order valence-corrected chi connectivity index (χ0v) is 16.8. The van der Waals surface area contributed by atoms with Crippen LogP contribution in [0, 0.1) is 5.92 Å². The maximum atomic E-state index is 12.4. The lowest BCUT2D eigenvalue weighted by molar-refractivity contribution is -0.138. The van der Waals surface area contributed by atoms with Gasteiger partial charge in [0.15, 0.2) is 0 Å². The summed E-state index contributed by atoms with van der Waals surface area (Å²) >= 11 is 0. The van der Waals surface area contributed by atoms with Crippen LogP contribution in [0.15, 0.2) is 53.1 Å². The van der Waals surface area contributed by atoms with Gasteiger partial charge in [0.2, 0.25) is 0 Å². The number of amides is 1. The van der Waals surface area contributed by atoms with Gasteiger partial charge in [0.25, 0.3) is 0 Å². The Hall–Kier alpha value is -3.75. The predicted octanol–water partition coefficient (Wildman–Crippen LogP) is 4.21. The predicted molar refractivity (Wildman–Crippen MR) is 113 cm³/mol. The summed E-state index contributed by atoms with van der Waals surface area (Å²) in [5.41, 5.74) is 1.83. The lowest BCUT2D eigenvalue weighted by Crippen LogP contribution is -2.16. The van der Waals surface area contributed by atoms with Crippen molar-refractivity contribution in [1.82, 2.24) is 15.2 Å².